The molecule has 0 radical (unpaired) electrons. The Labute approximate surface area is 124 Å². The van der Waals surface area contributed by atoms with Crippen LogP contribution in [0.2, 0.25) is 0 Å². The summed E-state index contributed by atoms with van der Waals surface area (Å²) in [7, 11) is 0. The van der Waals surface area contributed by atoms with Gasteiger partial charge in [-0.1, -0.05) is 0 Å². The number of hydrogen-bond donors (Lipinski definition) is 0. The second-order valence-corrected chi connectivity index (χ2v) is 6.26. The van der Waals surface area contributed by atoms with E-state index in [1.165, 1.54) is 4.68 Å². The molecular weight excluding hydrogens is 288 g/mol. The largest absolute Gasteiger partial charge is 0.461 e. The predicted octanol–water partition coefficient (Wildman–Crippen LogP) is 2.45. The Morgan fingerprint density at radius 3 is 2.95 bits per heavy atom. The maximum Gasteiger partial charge on any atom is 0.346 e. The standard InChI is InChI=1S/C14H14N4O2S/c1-9-15-10(8-21-9)7-17-14(19)18(11-4-5-11)13(16-17)12-3-2-6-20-12/h2-3,6,8,11H,4-5,7H2,1H3. The third-order valence-electron chi connectivity index (χ3n) is 3.50. The molecule has 21 heavy (non-hydrogen) atoms. The molecule has 1 aliphatic rings. The molecule has 6 nitrogen and oxygen atoms in total. The van der Waals surface area contributed by atoms with Gasteiger partial charge in [0.05, 0.1) is 23.5 Å². The summed E-state index contributed by atoms with van der Waals surface area (Å²) in [5, 5.41) is 7.41. The zero-order valence-electron chi connectivity index (χ0n) is 11.5. The maximum absolute atomic E-state index is 12.6. The summed E-state index contributed by atoms with van der Waals surface area (Å²) in [5.41, 5.74) is 0.778. The highest BCUT2D eigenvalue weighted by Gasteiger charge is 2.31. The molecule has 0 bridgehead atoms. The van der Waals surface area contributed by atoms with Crippen molar-refractivity contribution in [3.8, 4) is 11.6 Å². The van der Waals surface area contributed by atoms with Crippen LogP contribution in [0.3, 0.4) is 0 Å². The van der Waals surface area contributed by atoms with E-state index in [2.05, 4.69) is 10.1 Å². The molecule has 3 aromatic rings. The summed E-state index contributed by atoms with van der Waals surface area (Å²) in [5.74, 6) is 1.24. The van der Waals surface area contributed by atoms with Crippen LogP contribution in [0.1, 0.15) is 29.6 Å². The quantitative estimate of drug-likeness (QED) is 0.742. The lowest BCUT2D eigenvalue weighted by molar-refractivity contribution is 0.568. The van der Waals surface area contributed by atoms with E-state index in [0.29, 0.717) is 18.1 Å². The number of furan rings is 1. The maximum atomic E-state index is 12.6. The molecule has 3 heterocycles. The van der Waals surface area contributed by atoms with Crippen molar-refractivity contribution in [3.05, 3.63) is 45.0 Å². The number of hydrogen-bond acceptors (Lipinski definition) is 5. The fraction of sp³-hybridized carbons (Fsp3) is 0.357. The predicted molar refractivity (Wildman–Crippen MR) is 78.4 cm³/mol. The van der Waals surface area contributed by atoms with Crippen LogP contribution in [-0.2, 0) is 6.54 Å². The van der Waals surface area contributed by atoms with Gasteiger partial charge in [0, 0.05) is 11.4 Å². The van der Waals surface area contributed by atoms with Crippen molar-refractivity contribution < 1.29 is 4.42 Å². The van der Waals surface area contributed by atoms with Gasteiger partial charge >= 0.3 is 5.69 Å². The van der Waals surface area contributed by atoms with Crippen LogP contribution in [0, 0.1) is 6.92 Å². The summed E-state index contributed by atoms with van der Waals surface area (Å²) < 4.78 is 8.64. The average Bonchev–Trinajstić information content (AvgIpc) is 2.88. The van der Waals surface area contributed by atoms with Gasteiger partial charge in [-0.05, 0) is 31.9 Å². The van der Waals surface area contributed by atoms with E-state index in [1.807, 2.05) is 18.4 Å². The van der Waals surface area contributed by atoms with Crippen molar-refractivity contribution in [1.82, 2.24) is 19.3 Å². The van der Waals surface area contributed by atoms with Crippen LogP contribution in [0.4, 0.5) is 0 Å². The number of aryl methyl sites for hydroxylation is 1. The molecule has 0 unspecified atom stereocenters. The Kier molecular flexibility index (Phi) is 2.81. The smallest absolute Gasteiger partial charge is 0.346 e. The molecule has 0 saturated heterocycles. The molecule has 0 aliphatic heterocycles. The lowest BCUT2D eigenvalue weighted by Crippen LogP contribution is -2.25. The first-order valence-electron chi connectivity index (χ1n) is 6.86. The van der Waals surface area contributed by atoms with Gasteiger partial charge in [-0.15, -0.1) is 16.4 Å². The highest BCUT2D eigenvalue weighted by molar-refractivity contribution is 7.09. The van der Waals surface area contributed by atoms with Crippen molar-refractivity contribution >= 4 is 11.3 Å². The van der Waals surface area contributed by atoms with Gasteiger partial charge in [0.25, 0.3) is 0 Å². The first-order valence-corrected chi connectivity index (χ1v) is 7.74. The SMILES string of the molecule is Cc1nc(Cn2nc(-c3ccco3)n(C3CC3)c2=O)cs1. The Bertz CT molecular complexity index is 824. The second kappa shape index (κ2) is 4.70. The Morgan fingerprint density at radius 1 is 1.48 bits per heavy atom. The molecular formula is C14H14N4O2S. The first kappa shape index (κ1) is 12.6. The average molecular weight is 302 g/mol. The Balaban J connectivity index is 1.78. The van der Waals surface area contributed by atoms with E-state index in [4.69, 9.17) is 4.42 Å². The monoisotopic (exact) mass is 302 g/mol. The Morgan fingerprint density at radius 2 is 2.33 bits per heavy atom. The minimum atomic E-state index is -0.0884. The third-order valence-corrected chi connectivity index (χ3v) is 4.32. The van der Waals surface area contributed by atoms with Crippen molar-refractivity contribution in [2.75, 3.05) is 0 Å². The van der Waals surface area contributed by atoms with Gasteiger partial charge in [0.1, 0.15) is 0 Å². The van der Waals surface area contributed by atoms with E-state index in [9.17, 15) is 4.79 Å². The summed E-state index contributed by atoms with van der Waals surface area (Å²) >= 11 is 1.58. The van der Waals surface area contributed by atoms with Gasteiger partial charge < -0.3 is 4.42 Å². The third kappa shape index (κ3) is 2.23. The summed E-state index contributed by atoms with van der Waals surface area (Å²) in [4.78, 5) is 17.0. The zero-order chi connectivity index (χ0) is 14.4. The summed E-state index contributed by atoms with van der Waals surface area (Å²) in [6, 6.07) is 3.89. The van der Waals surface area contributed by atoms with Crippen LogP contribution in [-0.4, -0.2) is 19.3 Å². The lowest BCUT2D eigenvalue weighted by atomic mass is 10.4. The van der Waals surface area contributed by atoms with Crippen molar-refractivity contribution in [3.63, 3.8) is 0 Å². The van der Waals surface area contributed by atoms with Crippen molar-refractivity contribution in [1.29, 1.82) is 0 Å². The fourth-order valence-corrected chi connectivity index (χ4v) is 3.00. The molecule has 1 aliphatic carbocycles. The van der Waals surface area contributed by atoms with Crippen molar-refractivity contribution in [2.45, 2.75) is 32.4 Å². The molecule has 1 saturated carbocycles. The lowest BCUT2D eigenvalue weighted by Gasteiger charge is -1.99. The summed E-state index contributed by atoms with van der Waals surface area (Å²) in [6.07, 6.45) is 3.64. The molecule has 0 atom stereocenters. The van der Waals surface area contributed by atoms with Crippen LogP contribution < -0.4 is 5.69 Å². The number of nitrogens with zero attached hydrogens (tertiary/aromatic N) is 4. The topological polar surface area (TPSA) is 65.8 Å². The zero-order valence-corrected chi connectivity index (χ0v) is 12.3. The molecule has 108 valence electrons. The second-order valence-electron chi connectivity index (χ2n) is 5.20. The van der Waals surface area contributed by atoms with Gasteiger partial charge in [0.2, 0.25) is 5.82 Å². The van der Waals surface area contributed by atoms with Crippen LogP contribution in [0.15, 0.2) is 33.0 Å². The van der Waals surface area contributed by atoms with Gasteiger partial charge in [-0.3, -0.25) is 4.57 Å². The normalized spacial score (nSPS) is 14.7. The van der Waals surface area contributed by atoms with Gasteiger partial charge in [0.15, 0.2) is 5.76 Å². The number of rotatable bonds is 4. The number of aromatic nitrogens is 4. The molecule has 0 spiro atoms. The molecule has 0 amide bonds. The Hall–Kier alpha value is -2.15. The highest BCUT2D eigenvalue weighted by atomic mass is 32.1. The van der Waals surface area contributed by atoms with E-state index in [1.54, 1.807) is 28.2 Å². The fourth-order valence-electron chi connectivity index (χ4n) is 2.39. The van der Waals surface area contributed by atoms with E-state index in [0.717, 1.165) is 23.5 Å². The van der Waals surface area contributed by atoms with Crippen LogP contribution in [0.5, 0.6) is 0 Å². The molecule has 0 aromatic carbocycles. The molecule has 1 fully saturated rings. The van der Waals surface area contributed by atoms with Gasteiger partial charge in [-0.25, -0.2) is 14.5 Å². The molecule has 4 rings (SSSR count). The number of thiazole rings is 1. The van der Waals surface area contributed by atoms with Crippen molar-refractivity contribution in [2.24, 2.45) is 0 Å². The molecule has 0 N–H and O–H groups in total. The summed E-state index contributed by atoms with van der Waals surface area (Å²) in [6.45, 7) is 2.35. The van der Waals surface area contributed by atoms with E-state index < -0.39 is 0 Å². The van der Waals surface area contributed by atoms with Crippen LogP contribution in [0.25, 0.3) is 11.6 Å². The van der Waals surface area contributed by atoms with Crippen LogP contribution >= 0.6 is 11.3 Å². The minimum Gasteiger partial charge on any atom is -0.461 e. The molecule has 3 aromatic heterocycles. The highest BCUT2D eigenvalue weighted by Crippen LogP contribution is 2.36. The van der Waals surface area contributed by atoms with Gasteiger partial charge in [-0.2, -0.15) is 0 Å². The van der Waals surface area contributed by atoms with E-state index >= 15 is 0 Å². The van der Waals surface area contributed by atoms with E-state index in [-0.39, 0.29) is 11.7 Å². The molecule has 7 heteroatoms. The minimum absolute atomic E-state index is 0.0884. The first-order chi connectivity index (χ1) is 10.2.